The third-order valence-electron chi connectivity index (χ3n) is 2.08. The van der Waals surface area contributed by atoms with Gasteiger partial charge in [0.05, 0.1) is 6.61 Å². The highest BCUT2D eigenvalue weighted by atomic mass is 19.1. The van der Waals surface area contributed by atoms with Crippen LogP contribution in [0.2, 0.25) is 0 Å². The minimum absolute atomic E-state index is 0.0847. The largest absolute Gasteiger partial charge is 0.461 e. The molecule has 0 atom stereocenters. The molecule has 0 fully saturated rings. The zero-order chi connectivity index (χ0) is 13.0. The second kappa shape index (κ2) is 5.31. The van der Waals surface area contributed by atoms with Gasteiger partial charge in [-0.15, -0.1) is 0 Å². The Labute approximate surface area is 103 Å². The molecule has 18 heavy (non-hydrogen) atoms. The summed E-state index contributed by atoms with van der Waals surface area (Å²) in [4.78, 5) is 15.2. The first-order valence-corrected chi connectivity index (χ1v) is 5.34. The minimum atomic E-state index is -0.548. The number of hydrogen-bond donors (Lipinski definition) is 1. The number of nitrogens with zero attached hydrogens (tertiary/aromatic N) is 1. The van der Waals surface area contributed by atoms with E-state index < -0.39 is 5.97 Å². The maximum atomic E-state index is 12.7. The predicted octanol–water partition coefficient (Wildman–Crippen LogP) is 2.73. The van der Waals surface area contributed by atoms with Crippen molar-refractivity contribution in [3.8, 4) is 0 Å². The standard InChI is InChI=1S/C12H11FN2O3/c1-2-17-11(16)10-7-18-12(15-10)14-9-5-3-8(13)4-6-9/h3-7H,2H2,1H3,(H,14,15). The number of hydrogen-bond acceptors (Lipinski definition) is 5. The minimum Gasteiger partial charge on any atom is -0.461 e. The van der Waals surface area contributed by atoms with E-state index in [0.717, 1.165) is 0 Å². The normalized spacial score (nSPS) is 10.1. The monoisotopic (exact) mass is 250 g/mol. The Morgan fingerprint density at radius 1 is 1.44 bits per heavy atom. The first-order valence-electron chi connectivity index (χ1n) is 5.34. The number of rotatable bonds is 4. The van der Waals surface area contributed by atoms with Crippen LogP contribution in [-0.2, 0) is 4.74 Å². The molecule has 0 aliphatic carbocycles. The fourth-order valence-corrected chi connectivity index (χ4v) is 1.29. The first-order chi connectivity index (χ1) is 8.69. The number of ether oxygens (including phenoxy) is 1. The second-order valence-corrected chi connectivity index (χ2v) is 3.39. The molecule has 0 saturated heterocycles. The molecule has 2 aromatic rings. The molecule has 94 valence electrons. The lowest BCUT2D eigenvalue weighted by molar-refractivity contribution is 0.0519. The summed E-state index contributed by atoms with van der Waals surface area (Å²) in [6.45, 7) is 1.97. The Morgan fingerprint density at radius 3 is 2.83 bits per heavy atom. The average Bonchev–Trinajstić information content (AvgIpc) is 2.81. The van der Waals surface area contributed by atoms with E-state index in [9.17, 15) is 9.18 Å². The molecule has 0 amide bonds. The molecule has 0 radical (unpaired) electrons. The van der Waals surface area contributed by atoms with Crippen molar-refractivity contribution in [1.82, 2.24) is 4.98 Å². The molecule has 1 N–H and O–H groups in total. The number of esters is 1. The third-order valence-corrected chi connectivity index (χ3v) is 2.08. The maximum absolute atomic E-state index is 12.7. The molecule has 1 aromatic carbocycles. The van der Waals surface area contributed by atoms with Crippen LogP contribution in [0.1, 0.15) is 17.4 Å². The highest BCUT2D eigenvalue weighted by Crippen LogP contribution is 2.16. The summed E-state index contributed by atoms with van der Waals surface area (Å²) in [6.07, 6.45) is 1.20. The SMILES string of the molecule is CCOC(=O)c1coc(Nc2ccc(F)cc2)n1. The van der Waals surface area contributed by atoms with Crippen molar-refractivity contribution >= 4 is 17.7 Å². The Bertz CT molecular complexity index is 537. The highest BCUT2D eigenvalue weighted by molar-refractivity contribution is 5.87. The van der Waals surface area contributed by atoms with Crippen molar-refractivity contribution in [2.24, 2.45) is 0 Å². The Hall–Kier alpha value is -2.37. The van der Waals surface area contributed by atoms with Crippen molar-refractivity contribution in [2.75, 3.05) is 11.9 Å². The molecule has 1 aromatic heterocycles. The van der Waals surface area contributed by atoms with Gasteiger partial charge in [-0.25, -0.2) is 9.18 Å². The number of anilines is 2. The van der Waals surface area contributed by atoms with Gasteiger partial charge in [-0.05, 0) is 31.2 Å². The fourth-order valence-electron chi connectivity index (χ4n) is 1.29. The molecule has 6 heteroatoms. The van der Waals surface area contributed by atoms with Crippen LogP contribution in [0.4, 0.5) is 16.1 Å². The van der Waals surface area contributed by atoms with Crippen LogP contribution in [0.5, 0.6) is 0 Å². The lowest BCUT2D eigenvalue weighted by Gasteiger charge is -2.00. The summed E-state index contributed by atoms with van der Waals surface area (Å²) >= 11 is 0. The quantitative estimate of drug-likeness (QED) is 0.845. The molecule has 0 aliphatic heterocycles. The van der Waals surface area contributed by atoms with Crippen LogP contribution in [-0.4, -0.2) is 17.6 Å². The van der Waals surface area contributed by atoms with Gasteiger partial charge in [0.25, 0.3) is 6.01 Å². The zero-order valence-corrected chi connectivity index (χ0v) is 9.64. The molecular weight excluding hydrogens is 239 g/mol. The van der Waals surface area contributed by atoms with Crippen LogP contribution in [0, 0.1) is 5.82 Å². The van der Waals surface area contributed by atoms with Crippen molar-refractivity contribution < 1.29 is 18.3 Å². The van der Waals surface area contributed by atoms with Crippen molar-refractivity contribution in [1.29, 1.82) is 0 Å². The topological polar surface area (TPSA) is 64.4 Å². The predicted molar refractivity (Wildman–Crippen MR) is 62.1 cm³/mol. The highest BCUT2D eigenvalue weighted by Gasteiger charge is 2.12. The van der Waals surface area contributed by atoms with Gasteiger partial charge in [0, 0.05) is 5.69 Å². The summed E-state index contributed by atoms with van der Waals surface area (Å²) in [7, 11) is 0. The van der Waals surface area contributed by atoms with E-state index in [4.69, 9.17) is 9.15 Å². The van der Waals surface area contributed by atoms with Gasteiger partial charge in [-0.1, -0.05) is 0 Å². The van der Waals surface area contributed by atoms with E-state index in [-0.39, 0.29) is 24.1 Å². The summed E-state index contributed by atoms with van der Waals surface area (Å²) in [6, 6.07) is 5.81. The van der Waals surface area contributed by atoms with Gasteiger partial charge in [-0.2, -0.15) is 4.98 Å². The van der Waals surface area contributed by atoms with Crippen LogP contribution < -0.4 is 5.32 Å². The summed E-state index contributed by atoms with van der Waals surface area (Å²) < 4.78 is 22.5. The third kappa shape index (κ3) is 2.85. The Morgan fingerprint density at radius 2 is 2.17 bits per heavy atom. The lowest BCUT2D eigenvalue weighted by atomic mass is 10.3. The van der Waals surface area contributed by atoms with E-state index >= 15 is 0 Å². The molecule has 0 saturated carbocycles. The number of benzene rings is 1. The van der Waals surface area contributed by atoms with Gasteiger partial charge in [0.15, 0.2) is 5.69 Å². The van der Waals surface area contributed by atoms with E-state index in [2.05, 4.69) is 10.3 Å². The summed E-state index contributed by atoms with van der Waals surface area (Å²) in [5.74, 6) is -0.881. The molecule has 0 spiro atoms. The van der Waals surface area contributed by atoms with E-state index in [1.54, 1.807) is 6.92 Å². The van der Waals surface area contributed by atoms with Gasteiger partial charge in [-0.3, -0.25) is 0 Å². The van der Waals surface area contributed by atoms with Crippen LogP contribution in [0.25, 0.3) is 0 Å². The first kappa shape index (κ1) is 12.1. The van der Waals surface area contributed by atoms with Crippen LogP contribution >= 0.6 is 0 Å². The Kier molecular flexibility index (Phi) is 3.57. The molecule has 5 nitrogen and oxygen atoms in total. The van der Waals surface area contributed by atoms with Crippen LogP contribution in [0.15, 0.2) is 34.9 Å². The van der Waals surface area contributed by atoms with Crippen LogP contribution in [0.3, 0.4) is 0 Å². The molecule has 2 rings (SSSR count). The summed E-state index contributed by atoms with van der Waals surface area (Å²) in [5, 5.41) is 2.80. The van der Waals surface area contributed by atoms with Gasteiger partial charge >= 0.3 is 5.97 Å². The number of nitrogens with one attached hydrogen (secondary N) is 1. The maximum Gasteiger partial charge on any atom is 0.360 e. The zero-order valence-electron chi connectivity index (χ0n) is 9.64. The fraction of sp³-hybridized carbons (Fsp3) is 0.167. The molecule has 0 unspecified atom stereocenters. The van der Waals surface area contributed by atoms with E-state index in [1.807, 2.05) is 0 Å². The van der Waals surface area contributed by atoms with Crippen molar-refractivity contribution in [3.63, 3.8) is 0 Å². The van der Waals surface area contributed by atoms with E-state index in [1.165, 1.54) is 30.5 Å². The van der Waals surface area contributed by atoms with Gasteiger partial charge < -0.3 is 14.5 Å². The van der Waals surface area contributed by atoms with Crippen molar-refractivity contribution in [3.05, 3.63) is 42.0 Å². The summed E-state index contributed by atoms with van der Waals surface area (Å²) in [5.41, 5.74) is 0.690. The number of halogens is 1. The molecule has 0 bridgehead atoms. The number of carbonyl (C=O) groups excluding carboxylic acids is 1. The van der Waals surface area contributed by atoms with Gasteiger partial charge in [0.1, 0.15) is 12.1 Å². The number of aromatic nitrogens is 1. The molecular formula is C12H11FN2O3. The van der Waals surface area contributed by atoms with E-state index in [0.29, 0.717) is 5.69 Å². The molecule has 1 heterocycles. The number of carbonyl (C=O) groups is 1. The number of oxazole rings is 1. The second-order valence-electron chi connectivity index (χ2n) is 3.39. The molecule has 0 aliphatic rings. The average molecular weight is 250 g/mol. The smallest absolute Gasteiger partial charge is 0.360 e. The van der Waals surface area contributed by atoms with Crippen molar-refractivity contribution in [2.45, 2.75) is 6.92 Å². The lowest BCUT2D eigenvalue weighted by Crippen LogP contribution is -2.04. The van der Waals surface area contributed by atoms with Gasteiger partial charge in [0.2, 0.25) is 0 Å². The Balaban J connectivity index is 2.06.